The zero-order chi connectivity index (χ0) is 14.1. The number of rotatable bonds is 6. The molecular formula is C14H20N2O3. The van der Waals surface area contributed by atoms with Crippen LogP contribution >= 0.6 is 0 Å². The second-order valence-electron chi connectivity index (χ2n) is 4.10. The summed E-state index contributed by atoms with van der Waals surface area (Å²) in [5.41, 5.74) is 1.11. The van der Waals surface area contributed by atoms with E-state index in [-0.39, 0.29) is 13.2 Å². The summed E-state index contributed by atoms with van der Waals surface area (Å²) in [6.07, 6.45) is 0.686. The minimum Gasteiger partial charge on any atom is -0.395 e. The van der Waals surface area contributed by atoms with Crippen molar-refractivity contribution >= 4 is 11.8 Å². The Labute approximate surface area is 113 Å². The molecule has 0 saturated heterocycles. The van der Waals surface area contributed by atoms with Gasteiger partial charge in [-0.05, 0) is 18.9 Å². The molecule has 1 aromatic rings. The number of nitrogens with one attached hydrogen (secondary N) is 1. The van der Waals surface area contributed by atoms with E-state index in [0.29, 0.717) is 19.5 Å². The first-order chi connectivity index (χ1) is 9.19. The summed E-state index contributed by atoms with van der Waals surface area (Å²) in [5, 5.41) is 11.4. The van der Waals surface area contributed by atoms with E-state index in [1.807, 2.05) is 30.3 Å². The van der Waals surface area contributed by atoms with Crippen LogP contribution < -0.4 is 5.32 Å². The van der Waals surface area contributed by atoms with Crippen LogP contribution in [-0.2, 0) is 16.0 Å². The van der Waals surface area contributed by atoms with E-state index in [1.165, 1.54) is 4.90 Å². The summed E-state index contributed by atoms with van der Waals surface area (Å²) in [4.78, 5) is 24.7. The lowest BCUT2D eigenvalue weighted by Crippen LogP contribution is -2.44. The second-order valence-corrected chi connectivity index (χ2v) is 4.10. The van der Waals surface area contributed by atoms with Crippen molar-refractivity contribution in [2.24, 2.45) is 0 Å². The Balaban J connectivity index is 2.36. The molecule has 0 heterocycles. The van der Waals surface area contributed by atoms with Crippen molar-refractivity contribution in [1.29, 1.82) is 0 Å². The molecule has 2 N–H and O–H groups in total. The van der Waals surface area contributed by atoms with Crippen molar-refractivity contribution in [3.63, 3.8) is 0 Å². The van der Waals surface area contributed by atoms with Crippen molar-refractivity contribution in [2.75, 3.05) is 26.2 Å². The van der Waals surface area contributed by atoms with E-state index in [1.54, 1.807) is 6.92 Å². The van der Waals surface area contributed by atoms with Crippen LogP contribution in [0.2, 0.25) is 0 Å². The third kappa shape index (κ3) is 5.09. The Hall–Kier alpha value is -1.88. The van der Waals surface area contributed by atoms with Gasteiger partial charge in [0.1, 0.15) is 0 Å². The predicted octanol–water partition coefficient (Wildman–Crippen LogP) is 0.186. The summed E-state index contributed by atoms with van der Waals surface area (Å²) in [6, 6.07) is 9.74. The first kappa shape index (κ1) is 15.2. The largest absolute Gasteiger partial charge is 0.395 e. The molecule has 0 aliphatic rings. The molecule has 0 fully saturated rings. The molecule has 0 atom stereocenters. The number of nitrogens with zero attached hydrogens (tertiary/aromatic N) is 1. The number of aliphatic hydroxyl groups is 1. The fourth-order valence-electron chi connectivity index (χ4n) is 1.71. The standard InChI is InChI=1S/C14H20N2O3/c1-2-16(10-11-17)14(19)13(18)15-9-8-12-6-4-3-5-7-12/h3-7,17H,2,8-11H2,1H3,(H,15,18). The van der Waals surface area contributed by atoms with Crippen molar-refractivity contribution in [3.8, 4) is 0 Å². The van der Waals surface area contributed by atoms with Crippen LogP contribution in [0.25, 0.3) is 0 Å². The van der Waals surface area contributed by atoms with E-state index in [0.717, 1.165) is 5.56 Å². The van der Waals surface area contributed by atoms with Crippen molar-refractivity contribution in [2.45, 2.75) is 13.3 Å². The van der Waals surface area contributed by atoms with E-state index < -0.39 is 11.8 Å². The number of carbonyl (C=O) groups is 2. The van der Waals surface area contributed by atoms with Crippen LogP contribution in [0.1, 0.15) is 12.5 Å². The van der Waals surface area contributed by atoms with Crippen molar-refractivity contribution in [1.82, 2.24) is 10.2 Å². The van der Waals surface area contributed by atoms with Crippen LogP contribution in [0.4, 0.5) is 0 Å². The number of hydrogen-bond donors (Lipinski definition) is 2. The van der Waals surface area contributed by atoms with Gasteiger partial charge in [0.25, 0.3) is 0 Å². The smallest absolute Gasteiger partial charge is 0.311 e. The molecular weight excluding hydrogens is 244 g/mol. The van der Waals surface area contributed by atoms with Gasteiger partial charge >= 0.3 is 11.8 Å². The van der Waals surface area contributed by atoms with Gasteiger partial charge in [-0.2, -0.15) is 0 Å². The molecule has 5 heteroatoms. The van der Waals surface area contributed by atoms with E-state index >= 15 is 0 Å². The minimum absolute atomic E-state index is 0.142. The van der Waals surface area contributed by atoms with Crippen molar-refractivity contribution < 1.29 is 14.7 Å². The molecule has 0 aliphatic carbocycles. The number of hydrogen-bond acceptors (Lipinski definition) is 3. The summed E-state index contributed by atoms with van der Waals surface area (Å²) >= 11 is 0. The summed E-state index contributed by atoms with van der Waals surface area (Å²) in [5.74, 6) is -1.21. The third-order valence-electron chi connectivity index (χ3n) is 2.78. The van der Waals surface area contributed by atoms with Gasteiger partial charge in [0.05, 0.1) is 6.61 Å². The number of amides is 2. The Bertz CT molecular complexity index is 406. The molecule has 1 rings (SSSR count). The summed E-state index contributed by atoms with van der Waals surface area (Å²) < 4.78 is 0. The Kier molecular flexibility index (Phi) is 6.60. The molecule has 0 saturated carbocycles. The lowest BCUT2D eigenvalue weighted by atomic mass is 10.1. The first-order valence-corrected chi connectivity index (χ1v) is 6.41. The molecule has 0 bridgehead atoms. The number of likely N-dealkylation sites (N-methyl/N-ethyl adjacent to an activating group) is 1. The zero-order valence-corrected chi connectivity index (χ0v) is 11.1. The number of carbonyl (C=O) groups excluding carboxylic acids is 2. The van der Waals surface area contributed by atoms with Gasteiger partial charge in [-0.25, -0.2) is 0 Å². The van der Waals surface area contributed by atoms with Gasteiger partial charge in [-0.15, -0.1) is 0 Å². The second kappa shape index (κ2) is 8.26. The van der Waals surface area contributed by atoms with Crippen molar-refractivity contribution in [3.05, 3.63) is 35.9 Å². The molecule has 0 aliphatic heterocycles. The van der Waals surface area contributed by atoms with Crippen LogP contribution in [0.3, 0.4) is 0 Å². The minimum atomic E-state index is -0.619. The van der Waals surface area contributed by atoms with Gasteiger partial charge in [-0.3, -0.25) is 9.59 Å². The third-order valence-corrected chi connectivity index (χ3v) is 2.78. The molecule has 19 heavy (non-hydrogen) atoms. The van der Waals surface area contributed by atoms with Crippen LogP contribution in [0, 0.1) is 0 Å². The topological polar surface area (TPSA) is 69.6 Å². The van der Waals surface area contributed by atoms with Crippen LogP contribution in [0.5, 0.6) is 0 Å². The summed E-state index contributed by atoms with van der Waals surface area (Å²) in [7, 11) is 0. The molecule has 5 nitrogen and oxygen atoms in total. The lowest BCUT2D eigenvalue weighted by molar-refractivity contribution is -0.146. The van der Waals surface area contributed by atoms with Gasteiger partial charge in [0, 0.05) is 19.6 Å². The highest BCUT2D eigenvalue weighted by Gasteiger charge is 2.19. The Morgan fingerprint density at radius 2 is 1.95 bits per heavy atom. The quantitative estimate of drug-likeness (QED) is 0.720. The lowest BCUT2D eigenvalue weighted by Gasteiger charge is -2.18. The monoisotopic (exact) mass is 264 g/mol. The van der Waals surface area contributed by atoms with Crippen LogP contribution in [-0.4, -0.2) is 48.1 Å². The molecule has 0 aromatic heterocycles. The number of benzene rings is 1. The van der Waals surface area contributed by atoms with Gasteiger partial charge < -0.3 is 15.3 Å². The zero-order valence-electron chi connectivity index (χ0n) is 11.1. The predicted molar refractivity (Wildman–Crippen MR) is 72.5 cm³/mol. The Morgan fingerprint density at radius 3 is 2.53 bits per heavy atom. The average Bonchev–Trinajstić information content (AvgIpc) is 2.45. The fraction of sp³-hybridized carbons (Fsp3) is 0.429. The molecule has 0 spiro atoms. The van der Waals surface area contributed by atoms with Gasteiger partial charge in [-0.1, -0.05) is 30.3 Å². The van der Waals surface area contributed by atoms with E-state index in [4.69, 9.17) is 5.11 Å². The van der Waals surface area contributed by atoms with E-state index in [9.17, 15) is 9.59 Å². The van der Waals surface area contributed by atoms with Crippen LogP contribution in [0.15, 0.2) is 30.3 Å². The molecule has 104 valence electrons. The highest BCUT2D eigenvalue weighted by atomic mass is 16.3. The van der Waals surface area contributed by atoms with Gasteiger partial charge in [0.15, 0.2) is 0 Å². The normalized spacial score (nSPS) is 10.0. The molecule has 0 radical (unpaired) electrons. The maximum absolute atomic E-state index is 11.7. The van der Waals surface area contributed by atoms with Gasteiger partial charge in [0.2, 0.25) is 0 Å². The Morgan fingerprint density at radius 1 is 1.26 bits per heavy atom. The molecule has 1 aromatic carbocycles. The molecule has 2 amide bonds. The van der Waals surface area contributed by atoms with E-state index in [2.05, 4.69) is 5.32 Å². The fourth-order valence-corrected chi connectivity index (χ4v) is 1.71. The first-order valence-electron chi connectivity index (χ1n) is 6.41. The average molecular weight is 264 g/mol. The highest BCUT2D eigenvalue weighted by molar-refractivity contribution is 6.34. The molecule has 0 unspecified atom stereocenters. The maximum Gasteiger partial charge on any atom is 0.311 e. The maximum atomic E-state index is 11.7. The summed E-state index contributed by atoms with van der Waals surface area (Å²) in [6.45, 7) is 2.64. The highest BCUT2D eigenvalue weighted by Crippen LogP contribution is 1.98. The number of aliphatic hydroxyl groups excluding tert-OH is 1. The SMILES string of the molecule is CCN(CCO)C(=O)C(=O)NCCc1ccccc1.